The van der Waals surface area contributed by atoms with Crippen molar-refractivity contribution in [2.75, 3.05) is 4.31 Å². The van der Waals surface area contributed by atoms with E-state index in [-0.39, 0.29) is 11.4 Å². The van der Waals surface area contributed by atoms with E-state index in [0.29, 0.717) is 4.90 Å². The molecule has 1 aliphatic heterocycles. The second-order valence-electron chi connectivity index (χ2n) is 5.59. The molecule has 0 amide bonds. The molecule has 3 aromatic rings. The predicted octanol–water partition coefficient (Wildman–Crippen LogP) is 5.81. The smallest absolute Gasteiger partial charge is 0.278 e. The fraction of sp³-hybridized carbons (Fsp3) is 0. The maximum atomic E-state index is 11.5. The molecule has 0 radical (unpaired) electrons. The van der Waals surface area contributed by atoms with Gasteiger partial charge in [-0.2, -0.15) is 0 Å². The van der Waals surface area contributed by atoms with Gasteiger partial charge in [0.2, 0.25) is 0 Å². The monoisotopic (exact) mass is 397 g/mol. The summed E-state index contributed by atoms with van der Waals surface area (Å²) < 4.78 is 1.93. The molecule has 0 unspecified atom stereocenters. The number of benzene rings is 3. The molecule has 9 heteroatoms. The molecule has 4 rings (SSSR count). The van der Waals surface area contributed by atoms with Crippen LogP contribution >= 0.6 is 23.7 Å². The largest absolute Gasteiger partial charge is 0.291 e. The zero-order valence-corrected chi connectivity index (χ0v) is 15.3. The quantitative estimate of drug-likeness (QED) is 0.311. The summed E-state index contributed by atoms with van der Waals surface area (Å²) in [4.78, 5) is 23.6. The van der Waals surface area contributed by atoms with Crippen molar-refractivity contribution < 1.29 is 9.85 Å². The highest BCUT2D eigenvalue weighted by Crippen LogP contribution is 2.52. The van der Waals surface area contributed by atoms with Crippen LogP contribution in [-0.4, -0.2) is 9.85 Å². The third kappa shape index (κ3) is 3.22. The van der Waals surface area contributed by atoms with E-state index in [9.17, 15) is 20.2 Å². The minimum atomic E-state index is -0.635. The molecule has 0 saturated heterocycles. The van der Waals surface area contributed by atoms with Crippen LogP contribution in [0.25, 0.3) is 0 Å². The normalized spacial score (nSPS) is 12.2. The van der Waals surface area contributed by atoms with Gasteiger partial charge in [0.15, 0.2) is 0 Å². The van der Waals surface area contributed by atoms with Crippen molar-refractivity contribution in [1.82, 2.24) is 0 Å². The second-order valence-corrected chi connectivity index (χ2v) is 7.66. The molecule has 1 heterocycles. The molecule has 0 spiro atoms. The van der Waals surface area contributed by atoms with Crippen LogP contribution in [0.1, 0.15) is 0 Å². The number of para-hydroxylation sites is 2. The summed E-state index contributed by atoms with van der Waals surface area (Å²) in [5.41, 5.74) is 1.24. The minimum absolute atomic E-state index is 0.289. The van der Waals surface area contributed by atoms with Crippen molar-refractivity contribution in [3.63, 3.8) is 0 Å². The highest BCUT2D eigenvalue weighted by Gasteiger charge is 2.27. The van der Waals surface area contributed by atoms with Crippen LogP contribution in [0.5, 0.6) is 0 Å². The van der Waals surface area contributed by atoms with Gasteiger partial charge >= 0.3 is 0 Å². The van der Waals surface area contributed by atoms with E-state index >= 15 is 0 Å². The molecule has 134 valence electrons. The summed E-state index contributed by atoms with van der Waals surface area (Å²) in [5, 5.41) is 22.4. The van der Waals surface area contributed by atoms with Crippen LogP contribution in [0.3, 0.4) is 0 Å². The minimum Gasteiger partial charge on any atom is -0.278 e. The number of rotatable bonds is 4. The zero-order valence-electron chi connectivity index (χ0n) is 13.6. The highest BCUT2D eigenvalue weighted by molar-refractivity contribution is 8.02. The lowest BCUT2D eigenvalue weighted by Gasteiger charge is -2.31. The average molecular weight is 397 g/mol. The van der Waals surface area contributed by atoms with E-state index in [1.54, 1.807) is 11.8 Å². The number of nitro groups is 2. The molecule has 27 heavy (non-hydrogen) atoms. The van der Waals surface area contributed by atoms with Gasteiger partial charge in [0.25, 0.3) is 11.4 Å². The fourth-order valence-corrected chi connectivity index (χ4v) is 4.95. The van der Waals surface area contributed by atoms with E-state index < -0.39 is 9.85 Å². The molecule has 0 fully saturated rings. The lowest BCUT2D eigenvalue weighted by Crippen LogP contribution is -2.12. The molecule has 1 aliphatic rings. The summed E-state index contributed by atoms with van der Waals surface area (Å²) in [6.07, 6.45) is 0. The number of nitro benzene ring substituents is 2. The number of hydrogen-bond donors (Lipinski definition) is 0. The third-order valence-corrected chi connectivity index (χ3v) is 6.18. The van der Waals surface area contributed by atoms with Gasteiger partial charge in [-0.3, -0.25) is 24.5 Å². The molecule has 7 nitrogen and oxygen atoms in total. The van der Waals surface area contributed by atoms with Crippen molar-refractivity contribution >= 4 is 46.5 Å². The predicted molar refractivity (Wildman–Crippen MR) is 105 cm³/mol. The van der Waals surface area contributed by atoms with Crippen LogP contribution < -0.4 is 4.31 Å². The van der Waals surface area contributed by atoms with Gasteiger partial charge in [-0.25, -0.2) is 0 Å². The summed E-state index contributed by atoms with van der Waals surface area (Å²) in [7, 11) is 0. The van der Waals surface area contributed by atoms with Crippen LogP contribution in [0.15, 0.2) is 81.4 Å². The number of hydrogen-bond acceptors (Lipinski definition) is 7. The van der Waals surface area contributed by atoms with Gasteiger partial charge in [-0.15, -0.1) is 0 Å². The molecule has 0 bridgehead atoms. The Morgan fingerprint density at radius 1 is 0.815 bits per heavy atom. The molecular weight excluding hydrogens is 386 g/mol. The summed E-state index contributed by atoms with van der Waals surface area (Å²) in [6.45, 7) is 0. The molecule has 0 aromatic heterocycles. The Morgan fingerprint density at radius 3 is 1.96 bits per heavy atom. The molecule has 0 N–H and O–H groups in total. The van der Waals surface area contributed by atoms with Crippen LogP contribution in [-0.2, 0) is 0 Å². The Labute approximate surface area is 162 Å². The van der Waals surface area contributed by atoms with Crippen molar-refractivity contribution in [2.45, 2.75) is 14.7 Å². The SMILES string of the molecule is O=[N+]([O-])c1ccc(SN2c3ccccc3Sc3ccccc32)c([N+](=O)[O-])c1. The van der Waals surface area contributed by atoms with Gasteiger partial charge in [-0.1, -0.05) is 36.0 Å². The molecular formula is C18H11N3O4S2. The maximum Gasteiger partial charge on any atom is 0.291 e. The summed E-state index contributed by atoms with van der Waals surface area (Å²) in [5.74, 6) is 0. The molecule has 0 atom stereocenters. The zero-order chi connectivity index (χ0) is 19.0. The number of anilines is 2. The Balaban J connectivity index is 1.82. The second kappa shape index (κ2) is 6.93. The molecule has 0 aliphatic carbocycles. The topological polar surface area (TPSA) is 89.5 Å². The lowest BCUT2D eigenvalue weighted by atomic mass is 10.2. The first-order chi connectivity index (χ1) is 13.0. The first-order valence-corrected chi connectivity index (χ1v) is 9.40. The number of nitrogens with zero attached hydrogens (tertiary/aromatic N) is 3. The summed E-state index contributed by atoms with van der Waals surface area (Å²) >= 11 is 2.82. The van der Waals surface area contributed by atoms with Crippen LogP contribution in [0, 0.1) is 20.2 Å². The lowest BCUT2D eigenvalue weighted by molar-refractivity contribution is -0.396. The molecule has 0 saturated carbocycles. The van der Waals surface area contributed by atoms with E-state index in [0.717, 1.165) is 27.2 Å². The van der Waals surface area contributed by atoms with Crippen molar-refractivity contribution in [3.05, 3.63) is 87.0 Å². The summed E-state index contributed by atoms with van der Waals surface area (Å²) in [6, 6.07) is 19.3. The van der Waals surface area contributed by atoms with Gasteiger partial charge in [0, 0.05) is 15.9 Å². The van der Waals surface area contributed by atoms with E-state index in [4.69, 9.17) is 0 Å². The molecule has 3 aromatic carbocycles. The van der Waals surface area contributed by atoms with Crippen molar-refractivity contribution in [1.29, 1.82) is 0 Å². The van der Waals surface area contributed by atoms with Crippen LogP contribution in [0.2, 0.25) is 0 Å². The number of fused-ring (bicyclic) bond motifs is 2. The van der Waals surface area contributed by atoms with Gasteiger partial charge in [0.05, 0.1) is 27.3 Å². The Kier molecular flexibility index (Phi) is 4.46. The van der Waals surface area contributed by atoms with Crippen molar-refractivity contribution in [3.8, 4) is 0 Å². The van der Waals surface area contributed by atoms with Crippen molar-refractivity contribution in [2.24, 2.45) is 0 Å². The Morgan fingerprint density at radius 2 is 1.41 bits per heavy atom. The fourth-order valence-electron chi connectivity index (χ4n) is 2.71. The van der Waals surface area contributed by atoms with E-state index in [1.165, 1.54) is 24.1 Å². The average Bonchev–Trinajstić information content (AvgIpc) is 2.67. The maximum absolute atomic E-state index is 11.5. The Bertz CT molecular complexity index is 1030. The highest BCUT2D eigenvalue weighted by atomic mass is 32.2. The van der Waals surface area contributed by atoms with Crippen LogP contribution in [0.4, 0.5) is 22.7 Å². The standard InChI is InChI=1S/C18H11N3O4S2/c22-20(23)12-9-10-18(15(11-12)21(24)25)27-19-13-5-1-3-7-16(13)26-17-8-4-2-6-14(17)19/h1-11H. The van der Waals surface area contributed by atoms with E-state index in [1.807, 2.05) is 52.8 Å². The van der Waals surface area contributed by atoms with Gasteiger partial charge in [-0.05, 0) is 42.3 Å². The van der Waals surface area contributed by atoms with Gasteiger partial charge in [0.1, 0.15) is 4.90 Å². The van der Waals surface area contributed by atoms with Gasteiger partial charge < -0.3 is 0 Å². The van der Waals surface area contributed by atoms with E-state index in [2.05, 4.69) is 0 Å². The Hall–Kier alpha value is -3.04. The number of non-ortho nitro benzene ring substituents is 1. The first kappa shape index (κ1) is 17.4. The third-order valence-electron chi connectivity index (χ3n) is 3.93. The first-order valence-electron chi connectivity index (χ1n) is 7.81.